The lowest BCUT2D eigenvalue weighted by Crippen LogP contribution is -2.19. The monoisotopic (exact) mass is 400 g/mol. The van der Waals surface area contributed by atoms with Gasteiger partial charge in [-0.15, -0.1) is 0 Å². The van der Waals surface area contributed by atoms with Gasteiger partial charge in [-0.3, -0.25) is 10.1 Å². The number of rotatable bonds is 4. The van der Waals surface area contributed by atoms with E-state index in [0.717, 1.165) is 38.3 Å². The second-order valence-electron chi connectivity index (χ2n) is 7.04. The first-order valence-corrected chi connectivity index (χ1v) is 10.6. The summed E-state index contributed by atoms with van der Waals surface area (Å²) in [5, 5.41) is 11.5. The normalized spacial score (nSPS) is 15.7. The van der Waals surface area contributed by atoms with Gasteiger partial charge in [-0.2, -0.15) is 0 Å². The summed E-state index contributed by atoms with van der Waals surface area (Å²) in [6, 6.07) is 9.79. The number of anilines is 1. The van der Waals surface area contributed by atoms with Gasteiger partial charge in [-0.05, 0) is 31.0 Å². The Morgan fingerprint density at radius 3 is 2.46 bits per heavy atom. The Hall–Kier alpha value is -2.94. The maximum absolute atomic E-state index is 13.5. The van der Waals surface area contributed by atoms with Gasteiger partial charge in [0.15, 0.2) is 5.65 Å². The number of hydrogen-bond acceptors (Lipinski definition) is 6. The molecule has 1 aliphatic rings. The van der Waals surface area contributed by atoms with Crippen LogP contribution in [0.3, 0.4) is 0 Å². The van der Waals surface area contributed by atoms with E-state index in [1.807, 2.05) is 0 Å². The highest BCUT2D eigenvalue weighted by Gasteiger charge is 2.31. The predicted molar refractivity (Wildman–Crippen MR) is 106 cm³/mol. The molecular formula is C19H20N4O4S. The van der Waals surface area contributed by atoms with Crippen molar-refractivity contribution < 1.29 is 13.3 Å². The number of nitro groups is 1. The van der Waals surface area contributed by atoms with Crippen molar-refractivity contribution in [1.82, 2.24) is 8.96 Å². The van der Waals surface area contributed by atoms with E-state index >= 15 is 0 Å². The largest absolute Gasteiger partial charge is 0.393 e. The molecule has 1 aromatic carbocycles. The third-order valence-corrected chi connectivity index (χ3v) is 7.07. The number of fused-ring (bicyclic) bond motifs is 1. The van der Waals surface area contributed by atoms with Gasteiger partial charge in [0.05, 0.1) is 15.2 Å². The fraction of sp³-hybridized carbons (Fsp3) is 0.316. The van der Waals surface area contributed by atoms with Crippen molar-refractivity contribution >= 4 is 32.4 Å². The Balaban J connectivity index is 2.02. The molecule has 28 heavy (non-hydrogen) atoms. The van der Waals surface area contributed by atoms with Gasteiger partial charge in [-0.25, -0.2) is 17.4 Å². The highest BCUT2D eigenvalue weighted by molar-refractivity contribution is 7.90. The van der Waals surface area contributed by atoms with E-state index in [0.29, 0.717) is 11.1 Å². The number of aromatic nitrogens is 2. The molecule has 8 nitrogen and oxygen atoms in total. The Labute approximate surface area is 162 Å². The van der Waals surface area contributed by atoms with Crippen molar-refractivity contribution in [3.05, 3.63) is 58.4 Å². The van der Waals surface area contributed by atoms with Crippen LogP contribution in [0.1, 0.15) is 43.7 Å². The fourth-order valence-electron chi connectivity index (χ4n) is 3.93. The van der Waals surface area contributed by atoms with Crippen molar-refractivity contribution in [1.29, 1.82) is 0 Å². The molecule has 2 heterocycles. The van der Waals surface area contributed by atoms with Crippen molar-refractivity contribution in [3.63, 3.8) is 0 Å². The molecule has 0 spiro atoms. The van der Waals surface area contributed by atoms with Crippen molar-refractivity contribution in [2.45, 2.75) is 42.9 Å². The number of hydrogen-bond donors (Lipinski definition) is 1. The maximum atomic E-state index is 13.5. The average molecular weight is 400 g/mol. The minimum atomic E-state index is -3.92. The molecule has 0 unspecified atom stereocenters. The summed E-state index contributed by atoms with van der Waals surface area (Å²) in [7, 11) is -3.92. The molecule has 0 amide bonds. The van der Waals surface area contributed by atoms with Crippen LogP contribution in [0.2, 0.25) is 0 Å². The lowest BCUT2D eigenvalue weighted by atomic mass is 9.87. The average Bonchev–Trinajstić information content (AvgIpc) is 3.11. The number of nitrogens with zero attached hydrogens (tertiary/aromatic N) is 3. The molecule has 2 N–H and O–H groups in total. The van der Waals surface area contributed by atoms with E-state index in [1.165, 1.54) is 16.1 Å². The van der Waals surface area contributed by atoms with Crippen molar-refractivity contribution in [3.8, 4) is 0 Å². The number of benzene rings is 1. The molecule has 1 aliphatic carbocycles. The van der Waals surface area contributed by atoms with Gasteiger partial charge in [-0.1, -0.05) is 37.5 Å². The van der Waals surface area contributed by atoms with Gasteiger partial charge >= 0.3 is 5.69 Å². The van der Waals surface area contributed by atoms with Crippen molar-refractivity contribution in [2.24, 2.45) is 0 Å². The zero-order valence-corrected chi connectivity index (χ0v) is 15.9. The molecule has 1 saturated carbocycles. The van der Waals surface area contributed by atoms with Gasteiger partial charge in [0.2, 0.25) is 0 Å². The molecule has 0 aliphatic heterocycles. The second-order valence-corrected chi connectivity index (χ2v) is 8.82. The first-order chi connectivity index (χ1) is 13.4. The van der Waals surface area contributed by atoms with Crippen LogP contribution in [-0.4, -0.2) is 22.3 Å². The van der Waals surface area contributed by atoms with Gasteiger partial charge in [0.25, 0.3) is 10.0 Å². The molecule has 1 fully saturated rings. The topological polar surface area (TPSA) is 121 Å². The molecule has 0 radical (unpaired) electrons. The van der Waals surface area contributed by atoms with Crippen LogP contribution in [0.5, 0.6) is 0 Å². The summed E-state index contributed by atoms with van der Waals surface area (Å²) < 4.78 is 28.1. The van der Waals surface area contributed by atoms with E-state index in [-0.39, 0.29) is 27.8 Å². The van der Waals surface area contributed by atoms with E-state index in [2.05, 4.69) is 4.98 Å². The molecule has 3 aromatic rings. The van der Waals surface area contributed by atoms with Gasteiger partial charge in [0.1, 0.15) is 11.9 Å². The summed E-state index contributed by atoms with van der Waals surface area (Å²) >= 11 is 0. The Morgan fingerprint density at radius 1 is 1.14 bits per heavy atom. The smallest absolute Gasteiger partial charge is 0.311 e. The van der Waals surface area contributed by atoms with Crippen LogP contribution < -0.4 is 5.73 Å². The Morgan fingerprint density at radius 2 is 1.82 bits per heavy atom. The van der Waals surface area contributed by atoms with E-state index < -0.39 is 14.9 Å². The SMILES string of the molecule is Nc1c([N+](=O)[O-])cnc2c1cc(C1CCCCC1)n2S(=O)(=O)c1ccccc1. The van der Waals surface area contributed by atoms with Crippen LogP contribution in [0.25, 0.3) is 11.0 Å². The van der Waals surface area contributed by atoms with E-state index in [9.17, 15) is 18.5 Å². The zero-order chi connectivity index (χ0) is 19.9. The molecule has 0 atom stereocenters. The maximum Gasteiger partial charge on any atom is 0.311 e. The van der Waals surface area contributed by atoms with Gasteiger partial charge in [0, 0.05) is 11.6 Å². The molecule has 2 aromatic heterocycles. The van der Waals surface area contributed by atoms with Crippen LogP contribution in [-0.2, 0) is 10.0 Å². The first kappa shape index (κ1) is 18.4. The zero-order valence-electron chi connectivity index (χ0n) is 15.1. The minimum absolute atomic E-state index is 0.0416. The number of nitrogen functional groups attached to an aromatic ring is 1. The van der Waals surface area contributed by atoms with Crippen LogP contribution >= 0.6 is 0 Å². The molecule has 0 bridgehead atoms. The lowest BCUT2D eigenvalue weighted by molar-refractivity contribution is -0.384. The molecule has 0 saturated heterocycles. The van der Waals surface area contributed by atoms with E-state index in [1.54, 1.807) is 24.3 Å². The number of nitrogens with two attached hydrogens (primary N) is 1. The quantitative estimate of drug-likeness (QED) is 0.525. The van der Waals surface area contributed by atoms with Crippen LogP contribution in [0.15, 0.2) is 47.5 Å². The second kappa shape index (κ2) is 6.90. The molecule has 146 valence electrons. The Kier molecular flexibility index (Phi) is 4.54. The van der Waals surface area contributed by atoms with Crippen LogP contribution in [0, 0.1) is 10.1 Å². The van der Waals surface area contributed by atoms with Crippen molar-refractivity contribution in [2.75, 3.05) is 5.73 Å². The lowest BCUT2D eigenvalue weighted by Gasteiger charge is -2.23. The minimum Gasteiger partial charge on any atom is -0.393 e. The standard InChI is InChI=1S/C19H20N4O4S/c20-18-15-11-16(13-7-3-1-4-8-13)22(19(15)21-12-17(18)23(24)25)28(26,27)14-9-5-2-6-10-14/h2,5-6,9-13H,1,3-4,7-8H2,(H2,20,21). The Bertz CT molecular complexity index is 1150. The van der Waals surface area contributed by atoms with Gasteiger partial charge < -0.3 is 5.73 Å². The third kappa shape index (κ3) is 2.91. The summed E-state index contributed by atoms with van der Waals surface area (Å²) in [5.41, 5.74) is 6.37. The highest BCUT2D eigenvalue weighted by Crippen LogP contribution is 2.40. The molecular weight excluding hydrogens is 380 g/mol. The number of pyridine rings is 1. The summed E-state index contributed by atoms with van der Waals surface area (Å²) in [4.78, 5) is 14.9. The fourth-order valence-corrected chi connectivity index (χ4v) is 5.50. The summed E-state index contributed by atoms with van der Waals surface area (Å²) in [6.07, 6.45) is 5.90. The molecule has 9 heteroatoms. The summed E-state index contributed by atoms with van der Waals surface area (Å²) in [5.74, 6) is 0.0416. The molecule has 4 rings (SSSR count). The van der Waals surface area contributed by atoms with Crippen LogP contribution in [0.4, 0.5) is 11.4 Å². The van der Waals surface area contributed by atoms with E-state index in [4.69, 9.17) is 5.73 Å². The highest BCUT2D eigenvalue weighted by atomic mass is 32.2. The predicted octanol–water partition coefficient (Wildman–Crippen LogP) is 3.81. The summed E-state index contributed by atoms with van der Waals surface area (Å²) in [6.45, 7) is 0. The third-order valence-electron chi connectivity index (χ3n) is 5.34. The first-order valence-electron chi connectivity index (χ1n) is 9.16.